The Kier molecular flexibility index (Phi) is 5.78. The third-order valence-electron chi connectivity index (χ3n) is 3.39. The Morgan fingerprint density at radius 1 is 1.16 bits per heavy atom. The fraction of sp³-hybridized carbons (Fsp3) is 0.167. The molecule has 2 aromatic carbocycles. The fourth-order valence-electron chi connectivity index (χ4n) is 2.11. The van der Waals surface area contributed by atoms with Crippen molar-refractivity contribution in [3.8, 4) is 11.5 Å². The molecule has 0 saturated heterocycles. The first kappa shape index (κ1) is 17.6. The highest BCUT2D eigenvalue weighted by Crippen LogP contribution is 2.24. The van der Waals surface area contributed by atoms with Gasteiger partial charge in [-0.2, -0.15) is 0 Å². The zero-order valence-corrected chi connectivity index (χ0v) is 15.5. The maximum Gasteiger partial charge on any atom is 0.277 e. The molecule has 3 rings (SSSR count). The van der Waals surface area contributed by atoms with Crippen LogP contribution in [0.4, 0.5) is 5.69 Å². The summed E-state index contributed by atoms with van der Waals surface area (Å²) < 4.78 is 5.60. The summed E-state index contributed by atoms with van der Waals surface area (Å²) in [4.78, 5) is 13.2. The van der Waals surface area contributed by atoms with E-state index in [1.807, 2.05) is 61.7 Å². The highest BCUT2D eigenvalue weighted by molar-refractivity contribution is 7.99. The summed E-state index contributed by atoms with van der Waals surface area (Å²) in [6.45, 7) is 2.02. The van der Waals surface area contributed by atoms with Gasteiger partial charge in [-0.1, -0.05) is 35.5 Å². The van der Waals surface area contributed by atoms with Crippen LogP contribution in [0.25, 0.3) is 11.5 Å². The molecule has 0 aliphatic rings. The molecule has 0 unspecified atom stereocenters. The highest BCUT2D eigenvalue weighted by Gasteiger charge is 2.11. The Balaban J connectivity index is 1.56. The van der Waals surface area contributed by atoms with Gasteiger partial charge >= 0.3 is 0 Å². The second-order valence-electron chi connectivity index (χ2n) is 5.31. The molecule has 0 saturated carbocycles. The van der Waals surface area contributed by atoms with Gasteiger partial charge < -0.3 is 9.73 Å². The summed E-state index contributed by atoms with van der Waals surface area (Å²) in [6.07, 6.45) is 2.00. The van der Waals surface area contributed by atoms with Crippen molar-refractivity contribution in [3.05, 3.63) is 54.1 Å². The first-order valence-corrected chi connectivity index (χ1v) is 9.82. The Bertz CT molecular complexity index is 863. The Morgan fingerprint density at radius 3 is 2.72 bits per heavy atom. The molecule has 0 fully saturated rings. The van der Waals surface area contributed by atoms with Gasteiger partial charge in [-0.05, 0) is 43.5 Å². The van der Waals surface area contributed by atoms with Crippen molar-refractivity contribution in [1.29, 1.82) is 0 Å². The third-order valence-corrected chi connectivity index (χ3v) is 4.93. The molecule has 5 nitrogen and oxygen atoms in total. The molecule has 1 N–H and O–H groups in total. The smallest absolute Gasteiger partial charge is 0.277 e. The maximum absolute atomic E-state index is 12.1. The fourth-order valence-corrected chi connectivity index (χ4v) is 3.13. The zero-order chi connectivity index (χ0) is 17.6. The number of carbonyl (C=O) groups is 1. The monoisotopic (exact) mass is 371 g/mol. The summed E-state index contributed by atoms with van der Waals surface area (Å²) in [5, 5.41) is 11.3. The number of carbonyl (C=O) groups excluding carboxylic acids is 1. The molecule has 25 heavy (non-hydrogen) atoms. The number of benzene rings is 2. The van der Waals surface area contributed by atoms with Crippen LogP contribution in [0.3, 0.4) is 0 Å². The van der Waals surface area contributed by atoms with E-state index in [1.54, 1.807) is 11.8 Å². The highest BCUT2D eigenvalue weighted by atomic mass is 32.2. The van der Waals surface area contributed by atoms with E-state index >= 15 is 0 Å². The van der Waals surface area contributed by atoms with Crippen LogP contribution in [0, 0.1) is 6.92 Å². The van der Waals surface area contributed by atoms with E-state index in [0.717, 1.165) is 16.1 Å². The molecule has 0 radical (unpaired) electrons. The number of hydrogen-bond acceptors (Lipinski definition) is 6. The summed E-state index contributed by atoms with van der Waals surface area (Å²) in [5.41, 5.74) is 2.81. The second-order valence-corrected chi connectivity index (χ2v) is 7.11. The largest absolute Gasteiger partial charge is 0.411 e. The predicted octanol–water partition coefficient (Wildman–Crippen LogP) is 4.50. The van der Waals surface area contributed by atoms with E-state index < -0.39 is 0 Å². The van der Waals surface area contributed by atoms with Crippen LogP contribution >= 0.6 is 23.5 Å². The first-order chi connectivity index (χ1) is 12.1. The van der Waals surface area contributed by atoms with Crippen molar-refractivity contribution in [2.45, 2.75) is 17.0 Å². The van der Waals surface area contributed by atoms with E-state index in [2.05, 4.69) is 15.5 Å². The van der Waals surface area contributed by atoms with Crippen LogP contribution < -0.4 is 5.32 Å². The van der Waals surface area contributed by atoms with Crippen molar-refractivity contribution in [2.24, 2.45) is 0 Å². The van der Waals surface area contributed by atoms with Gasteiger partial charge in [-0.25, -0.2) is 0 Å². The van der Waals surface area contributed by atoms with Crippen molar-refractivity contribution in [3.63, 3.8) is 0 Å². The number of aryl methyl sites for hydroxylation is 1. The predicted molar refractivity (Wildman–Crippen MR) is 102 cm³/mol. The van der Waals surface area contributed by atoms with Crippen molar-refractivity contribution in [1.82, 2.24) is 10.2 Å². The molecule has 0 spiro atoms. The summed E-state index contributed by atoms with van der Waals surface area (Å²) in [7, 11) is 0. The number of anilines is 1. The molecule has 0 atom stereocenters. The number of rotatable bonds is 6. The van der Waals surface area contributed by atoms with E-state index in [4.69, 9.17) is 4.42 Å². The summed E-state index contributed by atoms with van der Waals surface area (Å²) in [6, 6.07) is 15.6. The summed E-state index contributed by atoms with van der Waals surface area (Å²) >= 11 is 2.85. The van der Waals surface area contributed by atoms with Gasteiger partial charge in [0.2, 0.25) is 11.8 Å². The lowest BCUT2D eigenvalue weighted by Gasteiger charge is -2.05. The molecule has 0 aliphatic heterocycles. The lowest BCUT2D eigenvalue weighted by molar-refractivity contribution is -0.113. The topological polar surface area (TPSA) is 68.0 Å². The SMILES string of the molecule is CSc1cccc(NC(=O)CSc2nnc(-c3ccc(C)cc3)o2)c1. The molecular formula is C18H17N3O2S2. The Hall–Kier alpha value is -2.25. The Morgan fingerprint density at radius 2 is 1.96 bits per heavy atom. The minimum atomic E-state index is -0.113. The van der Waals surface area contributed by atoms with E-state index in [0.29, 0.717) is 11.1 Å². The first-order valence-electron chi connectivity index (χ1n) is 7.61. The quantitative estimate of drug-likeness (QED) is 0.644. The zero-order valence-electron chi connectivity index (χ0n) is 13.9. The molecular weight excluding hydrogens is 354 g/mol. The molecule has 1 aromatic heterocycles. The van der Waals surface area contributed by atoms with Gasteiger partial charge in [0, 0.05) is 16.1 Å². The normalized spacial score (nSPS) is 10.6. The lowest BCUT2D eigenvalue weighted by Crippen LogP contribution is -2.13. The molecule has 0 aliphatic carbocycles. The standard InChI is InChI=1S/C18H17N3O2S2/c1-12-6-8-13(9-7-12)17-20-21-18(23-17)25-11-16(22)19-14-4-3-5-15(10-14)24-2/h3-10H,11H2,1-2H3,(H,19,22). The third kappa shape index (κ3) is 4.87. The maximum atomic E-state index is 12.1. The van der Waals surface area contributed by atoms with Crippen LogP contribution in [0.15, 0.2) is 63.1 Å². The number of thioether (sulfide) groups is 2. The molecule has 1 amide bonds. The number of hydrogen-bond donors (Lipinski definition) is 1. The van der Waals surface area contributed by atoms with Gasteiger partial charge in [0.05, 0.1) is 5.75 Å². The summed E-state index contributed by atoms with van der Waals surface area (Å²) in [5.74, 6) is 0.549. The minimum absolute atomic E-state index is 0.113. The van der Waals surface area contributed by atoms with E-state index in [-0.39, 0.29) is 11.7 Å². The lowest BCUT2D eigenvalue weighted by atomic mass is 10.1. The van der Waals surface area contributed by atoms with Crippen LogP contribution in [-0.2, 0) is 4.79 Å². The van der Waals surface area contributed by atoms with Crippen LogP contribution in [0.1, 0.15) is 5.56 Å². The second kappa shape index (κ2) is 8.22. The average molecular weight is 371 g/mol. The van der Waals surface area contributed by atoms with E-state index in [9.17, 15) is 4.79 Å². The van der Waals surface area contributed by atoms with Crippen molar-refractivity contribution < 1.29 is 9.21 Å². The van der Waals surface area contributed by atoms with Crippen molar-refractivity contribution in [2.75, 3.05) is 17.3 Å². The van der Waals surface area contributed by atoms with Crippen LogP contribution in [0.5, 0.6) is 0 Å². The Labute approximate surface area is 154 Å². The molecule has 1 heterocycles. The van der Waals surface area contributed by atoms with Gasteiger partial charge in [0.1, 0.15) is 0 Å². The van der Waals surface area contributed by atoms with Crippen LogP contribution in [0.2, 0.25) is 0 Å². The minimum Gasteiger partial charge on any atom is -0.411 e. The molecule has 128 valence electrons. The van der Waals surface area contributed by atoms with E-state index in [1.165, 1.54) is 17.3 Å². The molecule has 7 heteroatoms. The molecule has 3 aromatic rings. The molecule has 0 bridgehead atoms. The number of nitrogens with one attached hydrogen (secondary N) is 1. The number of nitrogens with zero attached hydrogens (tertiary/aromatic N) is 2. The number of aromatic nitrogens is 2. The van der Waals surface area contributed by atoms with Crippen molar-refractivity contribution >= 4 is 35.1 Å². The van der Waals surface area contributed by atoms with Gasteiger partial charge in [-0.3, -0.25) is 4.79 Å². The van der Waals surface area contributed by atoms with Gasteiger partial charge in [0.15, 0.2) is 0 Å². The van der Waals surface area contributed by atoms with Crippen LogP contribution in [-0.4, -0.2) is 28.1 Å². The van der Waals surface area contributed by atoms with Gasteiger partial charge in [-0.15, -0.1) is 22.0 Å². The number of amides is 1. The van der Waals surface area contributed by atoms with Gasteiger partial charge in [0.25, 0.3) is 5.22 Å². The average Bonchev–Trinajstić information content (AvgIpc) is 3.10.